The highest BCUT2D eigenvalue weighted by molar-refractivity contribution is 5.82. The Hall–Kier alpha value is -2.46. The van der Waals surface area contributed by atoms with Crippen molar-refractivity contribution in [1.29, 1.82) is 0 Å². The number of hydrogen-bond donors (Lipinski definition) is 1. The first-order valence-corrected chi connectivity index (χ1v) is 8.51. The quantitative estimate of drug-likeness (QED) is 0.673. The standard InChI is InChI=1S/C21H25NO3/c1-13-17-8-6-7-9-20(17)25-21(13)15(3)22-14(2)18-12-16(23-4)10-11-19(18)24-5/h6-12,14-15,22H,1-5H3. The lowest BCUT2D eigenvalue weighted by Crippen LogP contribution is -2.23. The summed E-state index contributed by atoms with van der Waals surface area (Å²) in [5.41, 5.74) is 3.16. The van der Waals surface area contributed by atoms with Gasteiger partial charge in [-0.1, -0.05) is 18.2 Å². The van der Waals surface area contributed by atoms with Crippen molar-refractivity contribution in [2.75, 3.05) is 14.2 Å². The number of nitrogens with one attached hydrogen (secondary N) is 1. The number of benzene rings is 2. The fourth-order valence-electron chi connectivity index (χ4n) is 3.32. The molecule has 1 N–H and O–H groups in total. The second-order valence-corrected chi connectivity index (χ2v) is 6.31. The Balaban J connectivity index is 1.87. The molecule has 0 radical (unpaired) electrons. The summed E-state index contributed by atoms with van der Waals surface area (Å²) in [4.78, 5) is 0. The normalized spacial score (nSPS) is 13.6. The van der Waals surface area contributed by atoms with Crippen LogP contribution in [-0.4, -0.2) is 14.2 Å². The smallest absolute Gasteiger partial charge is 0.134 e. The van der Waals surface area contributed by atoms with Crippen LogP contribution in [0.3, 0.4) is 0 Å². The van der Waals surface area contributed by atoms with Crippen molar-refractivity contribution in [3.05, 3.63) is 59.4 Å². The molecule has 0 spiro atoms. The van der Waals surface area contributed by atoms with Gasteiger partial charge in [-0.15, -0.1) is 0 Å². The van der Waals surface area contributed by atoms with Crippen LogP contribution in [0.5, 0.6) is 11.5 Å². The van der Waals surface area contributed by atoms with Crippen LogP contribution in [0.15, 0.2) is 46.9 Å². The fourth-order valence-corrected chi connectivity index (χ4v) is 3.32. The largest absolute Gasteiger partial charge is 0.497 e. The van der Waals surface area contributed by atoms with Crippen molar-refractivity contribution in [2.24, 2.45) is 0 Å². The first-order chi connectivity index (χ1) is 12.0. The van der Waals surface area contributed by atoms with E-state index in [0.717, 1.165) is 33.8 Å². The molecule has 4 heteroatoms. The summed E-state index contributed by atoms with van der Waals surface area (Å²) >= 11 is 0. The number of methoxy groups -OCH3 is 2. The van der Waals surface area contributed by atoms with E-state index < -0.39 is 0 Å². The summed E-state index contributed by atoms with van der Waals surface area (Å²) < 4.78 is 16.9. The molecule has 2 unspecified atom stereocenters. The molecule has 0 saturated carbocycles. The molecule has 0 amide bonds. The maximum Gasteiger partial charge on any atom is 0.134 e. The first kappa shape index (κ1) is 17.4. The maximum absolute atomic E-state index is 6.08. The molecule has 25 heavy (non-hydrogen) atoms. The van der Waals surface area contributed by atoms with E-state index in [1.807, 2.05) is 36.4 Å². The Morgan fingerprint density at radius 3 is 2.40 bits per heavy atom. The number of fused-ring (bicyclic) bond motifs is 1. The van der Waals surface area contributed by atoms with Gasteiger partial charge in [-0.25, -0.2) is 0 Å². The van der Waals surface area contributed by atoms with Crippen LogP contribution in [-0.2, 0) is 0 Å². The summed E-state index contributed by atoms with van der Waals surface area (Å²) in [5, 5.41) is 4.78. The topological polar surface area (TPSA) is 43.6 Å². The van der Waals surface area contributed by atoms with Gasteiger partial charge in [-0.3, -0.25) is 0 Å². The van der Waals surface area contributed by atoms with Gasteiger partial charge >= 0.3 is 0 Å². The lowest BCUT2D eigenvalue weighted by molar-refractivity contribution is 0.378. The minimum atomic E-state index is 0.0679. The Morgan fingerprint density at radius 2 is 1.72 bits per heavy atom. The number of aryl methyl sites for hydroxylation is 1. The molecule has 3 aromatic rings. The van der Waals surface area contributed by atoms with E-state index in [2.05, 4.69) is 32.2 Å². The van der Waals surface area contributed by atoms with Crippen molar-refractivity contribution >= 4 is 11.0 Å². The van der Waals surface area contributed by atoms with Gasteiger partial charge in [0.05, 0.1) is 20.3 Å². The summed E-state index contributed by atoms with van der Waals surface area (Å²) in [6.45, 7) is 6.34. The Bertz CT molecular complexity index is 869. The van der Waals surface area contributed by atoms with Crippen LogP contribution >= 0.6 is 0 Å². The summed E-state index contributed by atoms with van der Waals surface area (Å²) in [6, 6.07) is 14.1. The van der Waals surface area contributed by atoms with Gasteiger partial charge in [0.1, 0.15) is 22.8 Å². The maximum atomic E-state index is 6.08. The van der Waals surface area contributed by atoms with E-state index in [1.165, 1.54) is 5.56 Å². The SMILES string of the molecule is COc1ccc(OC)c(C(C)NC(C)c2oc3ccccc3c2C)c1. The molecule has 4 nitrogen and oxygen atoms in total. The van der Waals surface area contributed by atoms with Crippen molar-refractivity contribution in [2.45, 2.75) is 32.9 Å². The van der Waals surface area contributed by atoms with Gasteiger partial charge in [-0.05, 0) is 50.6 Å². The zero-order valence-electron chi connectivity index (χ0n) is 15.4. The van der Waals surface area contributed by atoms with E-state index in [9.17, 15) is 0 Å². The monoisotopic (exact) mass is 339 g/mol. The number of hydrogen-bond acceptors (Lipinski definition) is 4. The van der Waals surface area contributed by atoms with Gasteiger partial charge in [0.25, 0.3) is 0 Å². The van der Waals surface area contributed by atoms with Gasteiger partial charge in [0.2, 0.25) is 0 Å². The number of furan rings is 1. The van der Waals surface area contributed by atoms with Crippen LogP contribution in [0.2, 0.25) is 0 Å². The molecule has 0 aliphatic heterocycles. The molecule has 3 rings (SSSR count). The molecule has 0 aliphatic carbocycles. The molecule has 0 bridgehead atoms. The third kappa shape index (κ3) is 3.35. The average molecular weight is 339 g/mol. The van der Waals surface area contributed by atoms with Crippen LogP contribution in [0.1, 0.15) is 42.8 Å². The van der Waals surface area contributed by atoms with Crippen LogP contribution in [0.25, 0.3) is 11.0 Å². The number of ether oxygens (including phenoxy) is 2. The van der Waals surface area contributed by atoms with Crippen LogP contribution < -0.4 is 14.8 Å². The third-order valence-corrected chi connectivity index (χ3v) is 4.68. The lowest BCUT2D eigenvalue weighted by Gasteiger charge is -2.22. The Kier molecular flexibility index (Phi) is 5.00. The second kappa shape index (κ2) is 7.19. The zero-order valence-corrected chi connectivity index (χ0v) is 15.4. The first-order valence-electron chi connectivity index (χ1n) is 8.51. The summed E-state index contributed by atoms with van der Waals surface area (Å²) in [7, 11) is 3.36. The molecule has 1 heterocycles. The van der Waals surface area contributed by atoms with Crippen molar-refractivity contribution in [3.63, 3.8) is 0 Å². The molecule has 0 fully saturated rings. The van der Waals surface area contributed by atoms with E-state index >= 15 is 0 Å². The number of rotatable bonds is 6. The molecular weight excluding hydrogens is 314 g/mol. The van der Waals surface area contributed by atoms with E-state index in [4.69, 9.17) is 13.9 Å². The summed E-state index contributed by atoms with van der Waals surface area (Å²) in [5.74, 6) is 2.63. The molecule has 132 valence electrons. The van der Waals surface area contributed by atoms with Gasteiger partial charge < -0.3 is 19.2 Å². The Labute approximate surface area is 148 Å². The predicted molar refractivity (Wildman–Crippen MR) is 100 cm³/mol. The highest BCUT2D eigenvalue weighted by Crippen LogP contribution is 2.33. The molecular formula is C21H25NO3. The molecule has 1 aromatic heterocycles. The van der Waals surface area contributed by atoms with Crippen molar-refractivity contribution in [1.82, 2.24) is 5.32 Å². The van der Waals surface area contributed by atoms with Crippen molar-refractivity contribution in [3.8, 4) is 11.5 Å². The van der Waals surface area contributed by atoms with Gasteiger partial charge in [0.15, 0.2) is 0 Å². The molecule has 2 aromatic carbocycles. The fraction of sp³-hybridized carbons (Fsp3) is 0.333. The highest BCUT2D eigenvalue weighted by Gasteiger charge is 2.20. The van der Waals surface area contributed by atoms with Crippen molar-refractivity contribution < 1.29 is 13.9 Å². The summed E-state index contributed by atoms with van der Waals surface area (Å²) in [6.07, 6.45) is 0. The van der Waals surface area contributed by atoms with E-state index in [-0.39, 0.29) is 12.1 Å². The number of para-hydroxylation sites is 1. The second-order valence-electron chi connectivity index (χ2n) is 6.31. The lowest BCUT2D eigenvalue weighted by atomic mass is 10.0. The molecule has 0 aliphatic rings. The van der Waals surface area contributed by atoms with E-state index in [0.29, 0.717) is 0 Å². The van der Waals surface area contributed by atoms with Crippen LogP contribution in [0, 0.1) is 6.92 Å². The highest BCUT2D eigenvalue weighted by atomic mass is 16.5. The minimum Gasteiger partial charge on any atom is -0.497 e. The van der Waals surface area contributed by atoms with Gasteiger partial charge in [0, 0.05) is 17.0 Å². The van der Waals surface area contributed by atoms with Gasteiger partial charge in [-0.2, -0.15) is 0 Å². The van der Waals surface area contributed by atoms with Crippen LogP contribution in [0.4, 0.5) is 0 Å². The Morgan fingerprint density at radius 1 is 0.960 bits per heavy atom. The average Bonchev–Trinajstić information content (AvgIpc) is 2.98. The molecule has 2 atom stereocenters. The van der Waals surface area contributed by atoms with E-state index in [1.54, 1.807) is 14.2 Å². The third-order valence-electron chi connectivity index (χ3n) is 4.68. The molecule has 0 saturated heterocycles. The zero-order chi connectivity index (χ0) is 18.0. The predicted octanol–water partition coefficient (Wildman–Crippen LogP) is 5.17. The minimum absolute atomic E-state index is 0.0679.